The molecule has 2 aromatic rings. The van der Waals surface area contributed by atoms with Crippen LogP contribution in [0.4, 0.5) is 17.6 Å². The third-order valence-electron chi connectivity index (χ3n) is 10.1. The zero-order valence-electron chi connectivity index (χ0n) is 25.2. The summed E-state index contributed by atoms with van der Waals surface area (Å²) in [6.07, 6.45) is 14.7. The van der Waals surface area contributed by atoms with E-state index < -0.39 is 23.3 Å². The third kappa shape index (κ3) is 7.06. The van der Waals surface area contributed by atoms with Crippen molar-refractivity contribution in [2.24, 2.45) is 17.8 Å². The molecule has 3 aliphatic carbocycles. The highest BCUT2D eigenvalue weighted by atomic mass is 19.2. The average Bonchev–Trinajstić information content (AvgIpc) is 3.02. The van der Waals surface area contributed by atoms with Crippen LogP contribution >= 0.6 is 0 Å². The van der Waals surface area contributed by atoms with Gasteiger partial charge in [-0.2, -0.15) is 4.39 Å². The Kier molecular flexibility index (Phi) is 10.7. The maximum atomic E-state index is 14.8. The molecule has 1 atom stereocenters. The van der Waals surface area contributed by atoms with Gasteiger partial charge in [-0.05, 0) is 136 Å². The van der Waals surface area contributed by atoms with E-state index in [0.717, 1.165) is 89.2 Å². The number of ether oxygens (including phenoxy) is 2. The Bertz CT molecular complexity index is 1230. The van der Waals surface area contributed by atoms with Gasteiger partial charge in [-0.15, -0.1) is 0 Å². The van der Waals surface area contributed by atoms with Crippen molar-refractivity contribution >= 4 is 5.57 Å². The Balaban J connectivity index is 1.04. The predicted molar refractivity (Wildman–Crippen MR) is 160 cm³/mol. The highest BCUT2D eigenvalue weighted by Crippen LogP contribution is 2.42. The second-order valence-electron chi connectivity index (χ2n) is 12.7. The number of hydrogen-bond acceptors (Lipinski definition) is 2. The van der Waals surface area contributed by atoms with Crippen LogP contribution in [0.25, 0.3) is 5.57 Å². The second-order valence-corrected chi connectivity index (χ2v) is 12.7. The van der Waals surface area contributed by atoms with E-state index in [1.54, 1.807) is 19.1 Å². The largest absolute Gasteiger partial charge is 0.491 e. The number of benzene rings is 2. The minimum atomic E-state index is -0.898. The van der Waals surface area contributed by atoms with Gasteiger partial charge in [0.05, 0.1) is 12.7 Å². The van der Waals surface area contributed by atoms with E-state index >= 15 is 0 Å². The van der Waals surface area contributed by atoms with Crippen LogP contribution in [0.1, 0.15) is 114 Å². The highest BCUT2D eigenvalue weighted by molar-refractivity contribution is 5.67. The molecule has 2 saturated carbocycles. The normalized spacial score (nSPS) is 26.6. The van der Waals surface area contributed by atoms with Gasteiger partial charge in [0.2, 0.25) is 5.82 Å². The lowest BCUT2D eigenvalue weighted by molar-refractivity contribution is -0.0132. The number of allylic oxidation sites excluding steroid dienone is 2. The van der Waals surface area contributed by atoms with Crippen LogP contribution < -0.4 is 4.74 Å². The molecule has 5 rings (SSSR count). The summed E-state index contributed by atoms with van der Waals surface area (Å²) in [5.41, 5.74) is 2.30. The van der Waals surface area contributed by atoms with Crippen molar-refractivity contribution in [3.63, 3.8) is 0 Å². The molecule has 1 unspecified atom stereocenters. The van der Waals surface area contributed by atoms with E-state index in [2.05, 4.69) is 6.08 Å². The molecule has 0 amide bonds. The lowest BCUT2D eigenvalue weighted by atomic mass is 9.72. The van der Waals surface area contributed by atoms with Gasteiger partial charge < -0.3 is 9.47 Å². The molecule has 230 valence electrons. The molecule has 0 aliphatic heterocycles. The summed E-state index contributed by atoms with van der Waals surface area (Å²) in [6, 6.07) is 6.76. The standard InChI is InChI=1S/C36H46F4O2/c1-3-5-28-16-19-30(34(38)33(28)37)26-8-6-23(7-9-26)22-42-29-17-14-25(15-18-29)24-10-12-27(13-11-24)31-20-21-32(41-4-2)36(40)35(31)39/h12,16,19-21,23-26,29H,3-11,13-15,17-18,22H2,1-2H3. The Morgan fingerprint density at radius 1 is 0.738 bits per heavy atom. The highest BCUT2D eigenvalue weighted by Gasteiger charge is 2.31. The lowest BCUT2D eigenvalue weighted by Crippen LogP contribution is -2.29. The molecule has 0 radical (unpaired) electrons. The molecule has 2 aromatic carbocycles. The first-order chi connectivity index (χ1) is 20.4. The summed E-state index contributed by atoms with van der Waals surface area (Å²) in [5, 5.41) is 0. The lowest BCUT2D eigenvalue weighted by Gasteiger charge is -2.36. The fourth-order valence-corrected chi connectivity index (χ4v) is 7.60. The quantitative estimate of drug-likeness (QED) is 0.258. The maximum Gasteiger partial charge on any atom is 0.201 e. The Morgan fingerprint density at radius 2 is 1.50 bits per heavy atom. The fraction of sp³-hybridized carbons (Fsp3) is 0.611. The molecule has 2 fully saturated rings. The molecule has 0 N–H and O–H groups in total. The fourth-order valence-electron chi connectivity index (χ4n) is 7.60. The molecule has 0 aromatic heterocycles. The molecule has 0 spiro atoms. The van der Waals surface area contributed by atoms with Crippen LogP contribution in [0.15, 0.2) is 30.3 Å². The number of rotatable bonds is 10. The SMILES string of the molecule is CCCc1ccc(C2CCC(COC3CCC(C4CC=C(c5ccc(OCC)c(F)c5F)CC4)CC3)CC2)c(F)c1F. The summed E-state index contributed by atoms with van der Waals surface area (Å²) in [7, 11) is 0. The van der Waals surface area contributed by atoms with E-state index in [4.69, 9.17) is 9.47 Å². The van der Waals surface area contributed by atoms with Gasteiger partial charge in [0.15, 0.2) is 23.2 Å². The summed E-state index contributed by atoms with van der Waals surface area (Å²) < 4.78 is 69.9. The second kappa shape index (κ2) is 14.4. The zero-order chi connectivity index (χ0) is 29.6. The number of hydrogen-bond donors (Lipinski definition) is 0. The van der Waals surface area contributed by atoms with Gasteiger partial charge in [-0.1, -0.05) is 31.6 Å². The smallest absolute Gasteiger partial charge is 0.201 e. The van der Waals surface area contributed by atoms with Crippen molar-refractivity contribution in [1.29, 1.82) is 0 Å². The Hall–Kier alpha value is -2.34. The molecule has 2 nitrogen and oxygen atoms in total. The zero-order valence-corrected chi connectivity index (χ0v) is 25.2. The van der Waals surface area contributed by atoms with Crippen LogP contribution in [0.2, 0.25) is 0 Å². The van der Waals surface area contributed by atoms with Gasteiger partial charge in [-0.25, -0.2) is 13.2 Å². The molecule has 6 heteroatoms. The average molecular weight is 587 g/mol. The Labute approximate surface area is 248 Å². The van der Waals surface area contributed by atoms with Crippen LogP contribution in [-0.4, -0.2) is 19.3 Å². The van der Waals surface area contributed by atoms with Crippen molar-refractivity contribution in [2.45, 2.75) is 109 Å². The maximum absolute atomic E-state index is 14.8. The van der Waals surface area contributed by atoms with E-state index in [-0.39, 0.29) is 11.7 Å². The van der Waals surface area contributed by atoms with Gasteiger partial charge in [-0.3, -0.25) is 0 Å². The monoisotopic (exact) mass is 586 g/mol. The summed E-state index contributed by atoms with van der Waals surface area (Å²) >= 11 is 0. The van der Waals surface area contributed by atoms with Gasteiger partial charge >= 0.3 is 0 Å². The third-order valence-corrected chi connectivity index (χ3v) is 10.1. The van der Waals surface area contributed by atoms with E-state index in [1.807, 2.05) is 13.0 Å². The minimum absolute atomic E-state index is 0.0280. The van der Waals surface area contributed by atoms with Crippen LogP contribution in [0, 0.1) is 41.0 Å². The summed E-state index contributed by atoms with van der Waals surface area (Å²) in [5.74, 6) is -1.21. The van der Waals surface area contributed by atoms with Crippen molar-refractivity contribution in [3.05, 3.63) is 70.3 Å². The first-order valence-corrected chi connectivity index (χ1v) is 16.3. The number of aryl methyl sites for hydroxylation is 1. The molecule has 0 heterocycles. The predicted octanol–water partition coefficient (Wildman–Crippen LogP) is 10.3. The number of halogens is 4. The first kappa shape index (κ1) is 31.1. The van der Waals surface area contributed by atoms with Crippen molar-refractivity contribution < 1.29 is 27.0 Å². The van der Waals surface area contributed by atoms with E-state index in [9.17, 15) is 17.6 Å². The summed E-state index contributed by atoms with van der Waals surface area (Å²) in [4.78, 5) is 0. The molecular weight excluding hydrogens is 540 g/mol. The van der Waals surface area contributed by atoms with Gasteiger partial charge in [0, 0.05) is 12.2 Å². The summed E-state index contributed by atoms with van der Waals surface area (Å²) in [6.45, 7) is 4.79. The van der Waals surface area contributed by atoms with E-state index in [1.165, 1.54) is 6.07 Å². The topological polar surface area (TPSA) is 18.5 Å². The van der Waals surface area contributed by atoms with Crippen LogP contribution in [-0.2, 0) is 11.2 Å². The first-order valence-electron chi connectivity index (χ1n) is 16.3. The van der Waals surface area contributed by atoms with Crippen molar-refractivity contribution in [3.8, 4) is 5.75 Å². The Morgan fingerprint density at radius 3 is 2.17 bits per heavy atom. The minimum Gasteiger partial charge on any atom is -0.491 e. The molecule has 0 bridgehead atoms. The van der Waals surface area contributed by atoms with Crippen LogP contribution in [0.3, 0.4) is 0 Å². The molecule has 0 saturated heterocycles. The van der Waals surface area contributed by atoms with Gasteiger partial charge in [0.25, 0.3) is 0 Å². The van der Waals surface area contributed by atoms with Crippen molar-refractivity contribution in [2.75, 3.05) is 13.2 Å². The van der Waals surface area contributed by atoms with Crippen molar-refractivity contribution in [1.82, 2.24) is 0 Å². The molecule has 42 heavy (non-hydrogen) atoms. The van der Waals surface area contributed by atoms with Gasteiger partial charge in [0.1, 0.15) is 0 Å². The molecular formula is C36H46F4O2. The molecule has 3 aliphatic rings. The van der Waals surface area contributed by atoms with Crippen LogP contribution in [0.5, 0.6) is 5.75 Å². The van der Waals surface area contributed by atoms with E-state index in [0.29, 0.717) is 53.6 Å².